The summed E-state index contributed by atoms with van der Waals surface area (Å²) in [5, 5.41) is 0. The Bertz CT molecular complexity index is 453. The van der Waals surface area contributed by atoms with Gasteiger partial charge in [0.1, 0.15) is 5.82 Å². The summed E-state index contributed by atoms with van der Waals surface area (Å²) >= 11 is 3.89. The lowest BCUT2D eigenvalue weighted by Gasteiger charge is -2.42. The molecule has 0 aromatic heterocycles. The fourth-order valence-electron chi connectivity index (χ4n) is 3.38. The molecule has 3 atom stereocenters. The lowest BCUT2D eigenvalue weighted by Crippen LogP contribution is -2.38. The normalized spacial score (nSPS) is 28.4. The van der Waals surface area contributed by atoms with E-state index >= 15 is 0 Å². The zero-order chi connectivity index (χ0) is 14.2. The van der Waals surface area contributed by atoms with Crippen molar-refractivity contribution in [3.8, 4) is 0 Å². The highest BCUT2D eigenvalue weighted by molar-refractivity contribution is 9.09. The Morgan fingerprint density at radius 3 is 2.53 bits per heavy atom. The molecule has 19 heavy (non-hydrogen) atoms. The molecule has 0 heterocycles. The zero-order valence-corrected chi connectivity index (χ0v) is 13.9. The molecule has 106 valence electrons. The van der Waals surface area contributed by atoms with Gasteiger partial charge in [0.2, 0.25) is 0 Å². The highest BCUT2D eigenvalue weighted by Gasteiger charge is 2.38. The molecule has 0 spiro atoms. The molecule has 3 unspecified atom stereocenters. The summed E-state index contributed by atoms with van der Waals surface area (Å²) in [6, 6.07) is 5.59. The average molecular weight is 327 g/mol. The third-order valence-electron chi connectivity index (χ3n) is 4.86. The third-order valence-corrected chi connectivity index (χ3v) is 5.88. The fourth-order valence-corrected chi connectivity index (χ4v) is 4.95. The van der Waals surface area contributed by atoms with Gasteiger partial charge < -0.3 is 0 Å². The Hall–Kier alpha value is -0.370. The highest BCUT2D eigenvalue weighted by Crippen LogP contribution is 2.45. The molecule has 2 rings (SSSR count). The second-order valence-electron chi connectivity index (χ2n) is 6.73. The van der Waals surface area contributed by atoms with Crippen LogP contribution in [0.25, 0.3) is 0 Å². The molecule has 0 saturated heterocycles. The van der Waals surface area contributed by atoms with E-state index in [1.165, 1.54) is 24.8 Å². The predicted molar refractivity (Wildman–Crippen MR) is 83.4 cm³/mol. The van der Waals surface area contributed by atoms with Crippen LogP contribution in [0, 0.1) is 24.6 Å². The molecule has 0 bridgehead atoms. The van der Waals surface area contributed by atoms with Crippen LogP contribution in [0.2, 0.25) is 0 Å². The van der Waals surface area contributed by atoms with E-state index in [1.54, 1.807) is 6.07 Å². The van der Waals surface area contributed by atoms with Crippen molar-refractivity contribution in [2.45, 2.75) is 57.2 Å². The first-order chi connectivity index (χ1) is 8.82. The molecule has 0 aliphatic heterocycles. The summed E-state index contributed by atoms with van der Waals surface area (Å²) < 4.78 is 13.4. The average Bonchev–Trinajstić information content (AvgIpc) is 2.32. The lowest BCUT2D eigenvalue weighted by molar-refractivity contribution is 0.214. The van der Waals surface area contributed by atoms with Gasteiger partial charge in [-0.1, -0.05) is 55.3 Å². The number of halogens is 2. The molecule has 0 radical (unpaired) electrons. The molecule has 2 heteroatoms. The van der Waals surface area contributed by atoms with Crippen molar-refractivity contribution in [3.05, 3.63) is 35.1 Å². The van der Waals surface area contributed by atoms with E-state index in [0.29, 0.717) is 10.7 Å². The zero-order valence-electron chi connectivity index (χ0n) is 12.3. The van der Waals surface area contributed by atoms with E-state index in [4.69, 9.17) is 0 Å². The van der Waals surface area contributed by atoms with Gasteiger partial charge in [-0.05, 0) is 54.2 Å². The first-order valence-electron chi connectivity index (χ1n) is 7.23. The van der Waals surface area contributed by atoms with Crippen LogP contribution in [-0.4, -0.2) is 4.83 Å². The SMILES string of the molecule is Cc1cc(C(C)(C)C2CCC(C)CC2Br)ccc1F. The lowest BCUT2D eigenvalue weighted by atomic mass is 9.66. The molecular formula is C17H24BrF. The summed E-state index contributed by atoms with van der Waals surface area (Å²) in [6.07, 6.45) is 3.80. The maximum absolute atomic E-state index is 13.4. The first kappa shape index (κ1) is 15.0. The molecular weight excluding hydrogens is 303 g/mol. The quantitative estimate of drug-likeness (QED) is 0.619. The van der Waals surface area contributed by atoms with E-state index in [9.17, 15) is 4.39 Å². The van der Waals surface area contributed by atoms with Gasteiger partial charge in [-0.15, -0.1) is 0 Å². The summed E-state index contributed by atoms with van der Waals surface area (Å²) in [5.41, 5.74) is 2.10. The van der Waals surface area contributed by atoms with Crippen molar-refractivity contribution < 1.29 is 4.39 Å². The highest BCUT2D eigenvalue weighted by atomic mass is 79.9. The van der Waals surface area contributed by atoms with Crippen LogP contribution in [0.3, 0.4) is 0 Å². The van der Waals surface area contributed by atoms with E-state index in [1.807, 2.05) is 19.1 Å². The maximum Gasteiger partial charge on any atom is 0.126 e. The van der Waals surface area contributed by atoms with Gasteiger partial charge in [0.25, 0.3) is 0 Å². The monoisotopic (exact) mass is 326 g/mol. The molecule has 1 aliphatic rings. The number of aryl methyl sites for hydroxylation is 1. The standard InChI is InChI=1S/C17H24BrF/c1-11-5-7-14(15(18)9-11)17(3,4)13-6-8-16(19)12(2)10-13/h6,8,10-11,14-15H,5,7,9H2,1-4H3. The molecule has 1 aromatic rings. The maximum atomic E-state index is 13.4. The van der Waals surface area contributed by atoms with E-state index in [-0.39, 0.29) is 11.2 Å². The predicted octanol–water partition coefficient (Wildman–Crippen LogP) is 5.61. The molecule has 0 amide bonds. The van der Waals surface area contributed by atoms with Gasteiger partial charge in [0.05, 0.1) is 0 Å². The van der Waals surface area contributed by atoms with Crippen molar-refractivity contribution in [1.82, 2.24) is 0 Å². The Kier molecular flexibility index (Phi) is 4.39. The van der Waals surface area contributed by atoms with Crippen molar-refractivity contribution >= 4 is 15.9 Å². The minimum atomic E-state index is -0.104. The van der Waals surface area contributed by atoms with Crippen LogP contribution in [-0.2, 0) is 5.41 Å². The second kappa shape index (κ2) is 5.55. The van der Waals surface area contributed by atoms with E-state index in [2.05, 4.69) is 36.7 Å². The van der Waals surface area contributed by atoms with Crippen molar-refractivity contribution in [2.24, 2.45) is 11.8 Å². The van der Waals surface area contributed by atoms with Gasteiger partial charge in [0.15, 0.2) is 0 Å². The number of hydrogen-bond donors (Lipinski definition) is 0. The van der Waals surface area contributed by atoms with Crippen molar-refractivity contribution in [3.63, 3.8) is 0 Å². The Morgan fingerprint density at radius 2 is 1.95 bits per heavy atom. The molecule has 0 nitrogen and oxygen atoms in total. The Morgan fingerprint density at radius 1 is 1.26 bits per heavy atom. The van der Waals surface area contributed by atoms with Gasteiger partial charge in [-0.25, -0.2) is 4.39 Å². The van der Waals surface area contributed by atoms with Crippen LogP contribution in [0.15, 0.2) is 18.2 Å². The molecule has 1 aromatic carbocycles. The molecule has 0 N–H and O–H groups in total. The molecule has 1 saturated carbocycles. The summed E-state index contributed by atoms with van der Waals surface area (Å²) in [4.78, 5) is 0.566. The van der Waals surface area contributed by atoms with Gasteiger partial charge in [-0.3, -0.25) is 0 Å². The van der Waals surface area contributed by atoms with Crippen LogP contribution in [0.5, 0.6) is 0 Å². The van der Waals surface area contributed by atoms with Crippen LogP contribution >= 0.6 is 15.9 Å². The number of hydrogen-bond acceptors (Lipinski definition) is 0. The van der Waals surface area contributed by atoms with Gasteiger partial charge in [-0.2, -0.15) is 0 Å². The Balaban J connectivity index is 2.28. The topological polar surface area (TPSA) is 0 Å². The summed E-state index contributed by atoms with van der Waals surface area (Å²) in [6.45, 7) is 8.78. The Labute approximate surface area is 124 Å². The minimum absolute atomic E-state index is 0.0900. The third kappa shape index (κ3) is 3.04. The summed E-state index contributed by atoms with van der Waals surface area (Å²) in [5.74, 6) is 1.33. The van der Waals surface area contributed by atoms with Crippen molar-refractivity contribution in [1.29, 1.82) is 0 Å². The molecule has 1 fully saturated rings. The summed E-state index contributed by atoms with van der Waals surface area (Å²) in [7, 11) is 0. The number of rotatable bonds is 2. The molecule has 1 aliphatic carbocycles. The number of alkyl halides is 1. The fraction of sp³-hybridized carbons (Fsp3) is 0.647. The van der Waals surface area contributed by atoms with Crippen LogP contribution < -0.4 is 0 Å². The van der Waals surface area contributed by atoms with Gasteiger partial charge >= 0.3 is 0 Å². The van der Waals surface area contributed by atoms with Gasteiger partial charge in [0, 0.05) is 4.83 Å². The largest absolute Gasteiger partial charge is 0.207 e. The number of benzene rings is 1. The smallest absolute Gasteiger partial charge is 0.126 e. The van der Waals surface area contributed by atoms with Crippen molar-refractivity contribution in [2.75, 3.05) is 0 Å². The van der Waals surface area contributed by atoms with E-state index in [0.717, 1.165) is 11.5 Å². The minimum Gasteiger partial charge on any atom is -0.207 e. The second-order valence-corrected chi connectivity index (χ2v) is 7.90. The van der Waals surface area contributed by atoms with Crippen LogP contribution in [0.4, 0.5) is 4.39 Å². The van der Waals surface area contributed by atoms with Crippen LogP contribution in [0.1, 0.15) is 51.2 Å². The van der Waals surface area contributed by atoms with E-state index < -0.39 is 0 Å². The first-order valence-corrected chi connectivity index (χ1v) is 8.14.